The summed E-state index contributed by atoms with van der Waals surface area (Å²) >= 11 is 0. The van der Waals surface area contributed by atoms with Crippen molar-refractivity contribution in [3.8, 4) is 0 Å². The summed E-state index contributed by atoms with van der Waals surface area (Å²) < 4.78 is 16.3. The molecule has 0 aromatic carbocycles. The average Bonchev–Trinajstić information content (AvgIpc) is 2.27. The van der Waals surface area contributed by atoms with E-state index in [0.717, 1.165) is 25.7 Å². The third kappa shape index (κ3) is 3.87. The molecule has 0 aromatic heterocycles. The second-order valence-electron chi connectivity index (χ2n) is 4.89. The van der Waals surface area contributed by atoms with Gasteiger partial charge in [0.15, 0.2) is 0 Å². The maximum Gasteiger partial charge on any atom is 0.380 e. The number of allylic oxidation sites excluding steroid dienone is 1. The Balaban J connectivity index is 2.11. The monoisotopic (exact) mass is 272 g/mol. The lowest BCUT2D eigenvalue weighted by Crippen LogP contribution is -2.36. The molecular formula is C13H21O4P. The Morgan fingerprint density at radius 1 is 1.56 bits per heavy atom. The van der Waals surface area contributed by atoms with Crippen molar-refractivity contribution < 1.29 is 18.5 Å². The number of hydrogen-bond acceptors (Lipinski definition) is 4. The fraction of sp³-hybridized carbons (Fsp3) is 0.692. The van der Waals surface area contributed by atoms with E-state index in [1.165, 1.54) is 5.57 Å². The minimum Gasteiger partial charge on any atom is -0.606 e. The zero-order chi connectivity index (χ0) is 13.0. The molecule has 2 aliphatic rings. The van der Waals surface area contributed by atoms with Crippen molar-refractivity contribution in [2.75, 3.05) is 6.61 Å². The van der Waals surface area contributed by atoms with Crippen molar-refractivity contribution in [2.45, 2.75) is 51.2 Å². The van der Waals surface area contributed by atoms with E-state index in [2.05, 4.69) is 19.6 Å². The standard InChI is InChI=1S/C13H21O4P/c1-3-6-12-10-13-9-11(2)7-4-5-8-15-18(14,16-12)17-13/h3,7,12-13H,1,4-6,8-10H2,2H3/b11-7-/t12-,13-,18?/m1/s1. The summed E-state index contributed by atoms with van der Waals surface area (Å²) in [5, 5.41) is 0. The minimum absolute atomic E-state index is 0.0797. The van der Waals surface area contributed by atoms with Gasteiger partial charge >= 0.3 is 8.17 Å². The van der Waals surface area contributed by atoms with Crippen LogP contribution in [0, 0.1) is 0 Å². The van der Waals surface area contributed by atoms with E-state index in [1.807, 2.05) is 0 Å². The fourth-order valence-corrected chi connectivity index (χ4v) is 3.91. The molecule has 1 fully saturated rings. The van der Waals surface area contributed by atoms with Crippen LogP contribution >= 0.6 is 8.17 Å². The molecule has 102 valence electrons. The van der Waals surface area contributed by atoms with Gasteiger partial charge in [-0.15, -0.1) is 6.58 Å². The summed E-state index contributed by atoms with van der Waals surface area (Å²) in [5.41, 5.74) is 1.28. The topological polar surface area (TPSA) is 50.8 Å². The quantitative estimate of drug-likeness (QED) is 0.573. The van der Waals surface area contributed by atoms with Gasteiger partial charge in [-0.05, 0) is 32.6 Å². The summed E-state index contributed by atoms with van der Waals surface area (Å²) in [6, 6.07) is 0. The zero-order valence-electron chi connectivity index (χ0n) is 10.8. The molecule has 2 rings (SSSR count). The van der Waals surface area contributed by atoms with Crippen LogP contribution in [-0.2, 0) is 13.6 Å². The third-order valence-electron chi connectivity index (χ3n) is 3.15. The summed E-state index contributed by atoms with van der Waals surface area (Å²) in [7, 11) is -3.37. The summed E-state index contributed by atoms with van der Waals surface area (Å²) in [6.07, 6.45) is 7.81. The van der Waals surface area contributed by atoms with Crippen LogP contribution in [0.3, 0.4) is 0 Å². The molecule has 0 amide bonds. The van der Waals surface area contributed by atoms with Crippen LogP contribution < -0.4 is 4.89 Å². The normalized spacial score (nSPS) is 40.7. The van der Waals surface area contributed by atoms with Gasteiger partial charge in [-0.25, -0.2) is 0 Å². The first-order valence-electron chi connectivity index (χ1n) is 6.49. The molecule has 5 heteroatoms. The highest BCUT2D eigenvalue weighted by Crippen LogP contribution is 2.60. The molecular weight excluding hydrogens is 251 g/mol. The van der Waals surface area contributed by atoms with E-state index in [4.69, 9.17) is 13.6 Å². The SMILES string of the molecule is C=CC[C@@H]1C[C@H]2C/C(C)=C\CCCO[P+]([O-])(O1)O2. The van der Waals surface area contributed by atoms with Crippen LogP contribution in [0.15, 0.2) is 24.3 Å². The van der Waals surface area contributed by atoms with E-state index in [0.29, 0.717) is 13.0 Å². The van der Waals surface area contributed by atoms with E-state index in [9.17, 15) is 4.89 Å². The van der Waals surface area contributed by atoms with Gasteiger partial charge in [-0.2, -0.15) is 13.6 Å². The van der Waals surface area contributed by atoms with Gasteiger partial charge in [0.25, 0.3) is 0 Å². The Labute approximate surface area is 109 Å². The van der Waals surface area contributed by atoms with Crippen LogP contribution in [0.4, 0.5) is 0 Å². The first-order chi connectivity index (χ1) is 8.61. The molecule has 0 radical (unpaired) electrons. The Kier molecular flexibility index (Phi) is 4.93. The van der Waals surface area contributed by atoms with E-state index < -0.39 is 8.17 Å². The van der Waals surface area contributed by atoms with Crippen molar-refractivity contribution in [1.29, 1.82) is 0 Å². The van der Waals surface area contributed by atoms with Crippen LogP contribution in [0.25, 0.3) is 0 Å². The maximum absolute atomic E-state index is 12.4. The molecule has 2 heterocycles. The molecule has 1 saturated heterocycles. The molecule has 0 aliphatic carbocycles. The Morgan fingerprint density at radius 3 is 3.17 bits per heavy atom. The predicted molar refractivity (Wildman–Crippen MR) is 69.7 cm³/mol. The average molecular weight is 272 g/mol. The lowest BCUT2D eigenvalue weighted by molar-refractivity contribution is -0.267. The van der Waals surface area contributed by atoms with Gasteiger partial charge in [0, 0.05) is 6.42 Å². The van der Waals surface area contributed by atoms with Crippen molar-refractivity contribution >= 4 is 8.17 Å². The lowest BCUT2D eigenvalue weighted by atomic mass is 10.0. The lowest BCUT2D eigenvalue weighted by Gasteiger charge is -2.37. The highest BCUT2D eigenvalue weighted by Gasteiger charge is 2.45. The summed E-state index contributed by atoms with van der Waals surface area (Å²) in [6.45, 7) is 6.20. The smallest absolute Gasteiger partial charge is 0.380 e. The van der Waals surface area contributed by atoms with E-state index >= 15 is 0 Å². The number of phosphoric acid groups is 1. The first kappa shape index (κ1) is 14.2. The number of rotatable bonds is 2. The van der Waals surface area contributed by atoms with Crippen molar-refractivity contribution in [2.24, 2.45) is 0 Å². The first-order valence-corrected chi connectivity index (χ1v) is 7.95. The molecule has 0 aromatic rings. The van der Waals surface area contributed by atoms with Crippen LogP contribution in [-0.4, -0.2) is 18.8 Å². The Bertz CT molecular complexity index is 331. The van der Waals surface area contributed by atoms with Gasteiger partial charge in [-0.1, -0.05) is 17.7 Å². The second-order valence-corrected chi connectivity index (χ2v) is 6.47. The molecule has 3 atom stereocenters. The van der Waals surface area contributed by atoms with Crippen LogP contribution in [0.5, 0.6) is 0 Å². The minimum atomic E-state index is -3.37. The number of fused-ring (bicyclic) bond motifs is 2. The molecule has 2 bridgehead atoms. The van der Waals surface area contributed by atoms with Gasteiger partial charge < -0.3 is 4.89 Å². The van der Waals surface area contributed by atoms with Crippen LogP contribution in [0.1, 0.15) is 39.0 Å². The molecule has 4 nitrogen and oxygen atoms in total. The number of phosphoric ester groups is 1. The molecule has 0 spiro atoms. The molecule has 18 heavy (non-hydrogen) atoms. The van der Waals surface area contributed by atoms with Gasteiger partial charge in [0.1, 0.15) is 12.2 Å². The van der Waals surface area contributed by atoms with Gasteiger partial charge in [0.2, 0.25) is 0 Å². The number of hydrogen-bond donors (Lipinski definition) is 0. The van der Waals surface area contributed by atoms with Crippen molar-refractivity contribution in [1.82, 2.24) is 0 Å². The van der Waals surface area contributed by atoms with Crippen molar-refractivity contribution in [3.05, 3.63) is 24.3 Å². The van der Waals surface area contributed by atoms with Crippen LogP contribution in [0.2, 0.25) is 0 Å². The Hall–Kier alpha value is -0.250. The molecule has 1 unspecified atom stereocenters. The third-order valence-corrected chi connectivity index (χ3v) is 4.76. The van der Waals surface area contributed by atoms with Crippen molar-refractivity contribution in [3.63, 3.8) is 0 Å². The summed E-state index contributed by atoms with van der Waals surface area (Å²) in [5.74, 6) is 0. The summed E-state index contributed by atoms with van der Waals surface area (Å²) in [4.78, 5) is 12.4. The maximum atomic E-state index is 12.4. The second kappa shape index (κ2) is 6.27. The zero-order valence-corrected chi connectivity index (χ0v) is 11.7. The van der Waals surface area contributed by atoms with Gasteiger partial charge in [0.05, 0.1) is 6.61 Å². The fourth-order valence-electron chi connectivity index (χ4n) is 2.33. The highest BCUT2D eigenvalue weighted by molar-refractivity contribution is 7.54. The van der Waals surface area contributed by atoms with Gasteiger partial charge in [-0.3, -0.25) is 0 Å². The molecule has 0 saturated carbocycles. The predicted octanol–water partition coefficient (Wildman–Crippen LogP) is 2.92. The molecule has 0 N–H and O–H groups in total. The Morgan fingerprint density at radius 2 is 2.39 bits per heavy atom. The highest BCUT2D eigenvalue weighted by atomic mass is 31.2. The largest absolute Gasteiger partial charge is 0.606 e. The molecule has 2 aliphatic heterocycles. The van der Waals surface area contributed by atoms with E-state index in [-0.39, 0.29) is 12.2 Å². The van der Waals surface area contributed by atoms with E-state index in [1.54, 1.807) is 6.08 Å².